The van der Waals surface area contributed by atoms with Crippen LogP contribution in [0.4, 0.5) is 4.79 Å². The second-order valence-electron chi connectivity index (χ2n) is 4.68. The first kappa shape index (κ1) is 15.3. The first-order chi connectivity index (χ1) is 10.6. The van der Waals surface area contributed by atoms with Gasteiger partial charge in [0.05, 0.1) is 5.56 Å². The molecule has 2 rings (SSSR count). The molecule has 2 aromatic rings. The van der Waals surface area contributed by atoms with Crippen molar-refractivity contribution in [3.8, 4) is 17.7 Å². The molecule has 1 aromatic carbocycles. The fourth-order valence-electron chi connectivity index (χ4n) is 1.91. The number of benzene rings is 1. The number of aryl methyl sites for hydroxylation is 1. The number of nitrogens with one attached hydrogen (secondary N) is 1. The molecule has 112 valence electrons. The SMILES string of the molecule is Cc1cc(CCNC(=O)O)ccc1Oc1ccc(C#N)cn1. The van der Waals surface area contributed by atoms with Crippen LogP contribution in [0.25, 0.3) is 0 Å². The Morgan fingerprint density at radius 3 is 2.82 bits per heavy atom. The molecule has 0 saturated carbocycles. The summed E-state index contributed by atoms with van der Waals surface area (Å²) in [6.45, 7) is 2.28. The van der Waals surface area contributed by atoms with Gasteiger partial charge in [-0.15, -0.1) is 0 Å². The monoisotopic (exact) mass is 297 g/mol. The van der Waals surface area contributed by atoms with Crippen molar-refractivity contribution in [2.24, 2.45) is 0 Å². The number of aromatic nitrogens is 1. The Balaban J connectivity index is 2.02. The van der Waals surface area contributed by atoms with Crippen LogP contribution in [0.3, 0.4) is 0 Å². The van der Waals surface area contributed by atoms with Crippen LogP contribution in [0, 0.1) is 18.3 Å². The van der Waals surface area contributed by atoms with Gasteiger partial charge in [-0.1, -0.05) is 12.1 Å². The third-order valence-electron chi connectivity index (χ3n) is 3.01. The zero-order valence-corrected chi connectivity index (χ0v) is 12.0. The van der Waals surface area contributed by atoms with E-state index < -0.39 is 6.09 Å². The normalized spacial score (nSPS) is 9.82. The van der Waals surface area contributed by atoms with E-state index in [1.54, 1.807) is 12.1 Å². The summed E-state index contributed by atoms with van der Waals surface area (Å²) in [7, 11) is 0. The highest BCUT2D eigenvalue weighted by Crippen LogP contribution is 2.24. The highest BCUT2D eigenvalue weighted by molar-refractivity contribution is 5.64. The zero-order valence-electron chi connectivity index (χ0n) is 12.0. The zero-order chi connectivity index (χ0) is 15.9. The Morgan fingerprint density at radius 2 is 2.23 bits per heavy atom. The Kier molecular flexibility index (Phi) is 4.94. The highest BCUT2D eigenvalue weighted by atomic mass is 16.5. The van der Waals surface area contributed by atoms with Crippen LogP contribution in [0.5, 0.6) is 11.6 Å². The molecule has 1 aromatic heterocycles. The van der Waals surface area contributed by atoms with E-state index >= 15 is 0 Å². The lowest BCUT2D eigenvalue weighted by molar-refractivity contribution is 0.194. The maximum Gasteiger partial charge on any atom is 0.404 e. The number of nitriles is 1. The van der Waals surface area contributed by atoms with Crippen molar-refractivity contribution < 1.29 is 14.6 Å². The van der Waals surface area contributed by atoms with Gasteiger partial charge in [-0.2, -0.15) is 5.26 Å². The van der Waals surface area contributed by atoms with Crippen LogP contribution in [0.15, 0.2) is 36.5 Å². The van der Waals surface area contributed by atoms with Crippen LogP contribution in [-0.4, -0.2) is 22.7 Å². The predicted molar refractivity (Wildman–Crippen MR) is 79.9 cm³/mol. The maximum absolute atomic E-state index is 10.4. The van der Waals surface area contributed by atoms with E-state index in [-0.39, 0.29) is 0 Å². The molecule has 1 amide bonds. The van der Waals surface area contributed by atoms with Crippen LogP contribution in [0.1, 0.15) is 16.7 Å². The first-order valence-electron chi connectivity index (χ1n) is 6.69. The lowest BCUT2D eigenvalue weighted by Gasteiger charge is -2.10. The summed E-state index contributed by atoms with van der Waals surface area (Å²) in [6, 6.07) is 10.9. The Hall–Kier alpha value is -3.07. The van der Waals surface area contributed by atoms with Gasteiger partial charge in [0.25, 0.3) is 0 Å². The maximum atomic E-state index is 10.4. The fourth-order valence-corrected chi connectivity index (χ4v) is 1.91. The summed E-state index contributed by atoms with van der Waals surface area (Å²) in [5, 5.41) is 19.6. The first-order valence-corrected chi connectivity index (χ1v) is 6.69. The quantitative estimate of drug-likeness (QED) is 0.884. The average Bonchev–Trinajstić information content (AvgIpc) is 2.50. The van der Waals surface area contributed by atoms with Gasteiger partial charge in [-0.25, -0.2) is 9.78 Å². The number of hydrogen-bond donors (Lipinski definition) is 2. The molecule has 0 bridgehead atoms. The molecule has 0 spiro atoms. The molecule has 0 unspecified atom stereocenters. The average molecular weight is 297 g/mol. The number of rotatable bonds is 5. The van der Waals surface area contributed by atoms with Gasteiger partial charge in [-0.05, 0) is 36.6 Å². The van der Waals surface area contributed by atoms with E-state index in [9.17, 15) is 4.79 Å². The van der Waals surface area contributed by atoms with Gasteiger partial charge in [0.1, 0.15) is 11.8 Å². The minimum absolute atomic E-state index is 0.367. The molecule has 6 heteroatoms. The van der Waals surface area contributed by atoms with Crippen molar-refractivity contribution in [2.45, 2.75) is 13.3 Å². The number of ether oxygens (including phenoxy) is 1. The minimum Gasteiger partial charge on any atom is -0.465 e. The van der Waals surface area contributed by atoms with Gasteiger partial charge >= 0.3 is 6.09 Å². The lowest BCUT2D eigenvalue weighted by Crippen LogP contribution is -2.23. The molecule has 0 saturated heterocycles. The molecule has 2 N–H and O–H groups in total. The van der Waals surface area contributed by atoms with Crippen LogP contribution in [-0.2, 0) is 6.42 Å². The Morgan fingerprint density at radius 1 is 1.41 bits per heavy atom. The van der Waals surface area contributed by atoms with Crippen LogP contribution < -0.4 is 10.1 Å². The molecule has 1 heterocycles. The number of amides is 1. The van der Waals surface area contributed by atoms with Crippen molar-refractivity contribution in [3.05, 3.63) is 53.2 Å². The van der Waals surface area contributed by atoms with E-state index in [0.717, 1.165) is 11.1 Å². The van der Waals surface area contributed by atoms with Crippen molar-refractivity contribution in [1.82, 2.24) is 10.3 Å². The topological polar surface area (TPSA) is 95.2 Å². The molecule has 0 aliphatic carbocycles. The van der Waals surface area contributed by atoms with E-state index in [1.165, 1.54) is 6.20 Å². The summed E-state index contributed by atoms with van der Waals surface area (Å²) < 4.78 is 5.68. The summed E-state index contributed by atoms with van der Waals surface area (Å²) in [6.07, 6.45) is 1.04. The summed E-state index contributed by atoms with van der Waals surface area (Å²) in [5.41, 5.74) is 2.43. The summed E-state index contributed by atoms with van der Waals surface area (Å²) in [4.78, 5) is 14.5. The van der Waals surface area contributed by atoms with Gasteiger partial charge in [0.15, 0.2) is 0 Å². The van der Waals surface area contributed by atoms with Crippen molar-refractivity contribution in [3.63, 3.8) is 0 Å². The van der Waals surface area contributed by atoms with E-state index in [4.69, 9.17) is 15.1 Å². The molecule has 0 fully saturated rings. The number of carboxylic acid groups (broad SMARTS) is 1. The third-order valence-corrected chi connectivity index (χ3v) is 3.01. The van der Waals surface area contributed by atoms with Crippen molar-refractivity contribution in [2.75, 3.05) is 6.54 Å². The third kappa shape index (κ3) is 4.21. The standard InChI is InChI=1S/C16H15N3O3/c1-11-8-12(6-7-18-16(20)21)2-4-14(11)22-15-5-3-13(9-17)10-19-15/h2-5,8,10,18H,6-7H2,1H3,(H,20,21). The Bertz CT molecular complexity index is 706. The van der Waals surface area contributed by atoms with Crippen molar-refractivity contribution >= 4 is 6.09 Å². The number of carbonyl (C=O) groups is 1. The summed E-state index contributed by atoms with van der Waals surface area (Å²) >= 11 is 0. The molecule has 6 nitrogen and oxygen atoms in total. The second kappa shape index (κ2) is 7.09. The largest absolute Gasteiger partial charge is 0.465 e. The van der Waals surface area contributed by atoms with E-state index in [2.05, 4.69) is 10.3 Å². The summed E-state index contributed by atoms with van der Waals surface area (Å²) in [5.74, 6) is 1.09. The lowest BCUT2D eigenvalue weighted by atomic mass is 10.1. The van der Waals surface area contributed by atoms with E-state index in [1.807, 2.05) is 31.2 Å². The molecular weight excluding hydrogens is 282 g/mol. The van der Waals surface area contributed by atoms with Crippen LogP contribution in [0.2, 0.25) is 0 Å². The number of hydrogen-bond acceptors (Lipinski definition) is 4. The molecular formula is C16H15N3O3. The van der Waals surface area contributed by atoms with E-state index in [0.29, 0.717) is 30.2 Å². The fraction of sp³-hybridized carbons (Fsp3) is 0.188. The molecule has 0 aliphatic heterocycles. The molecule has 0 aliphatic rings. The molecule has 22 heavy (non-hydrogen) atoms. The van der Waals surface area contributed by atoms with Gasteiger partial charge in [0, 0.05) is 18.8 Å². The molecule has 0 atom stereocenters. The van der Waals surface area contributed by atoms with Crippen molar-refractivity contribution in [1.29, 1.82) is 5.26 Å². The van der Waals surface area contributed by atoms with Gasteiger partial charge in [-0.3, -0.25) is 0 Å². The number of pyridine rings is 1. The van der Waals surface area contributed by atoms with Gasteiger partial charge in [0.2, 0.25) is 5.88 Å². The Labute approximate surface area is 128 Å². The van der Waals surface area contributed by atoms with Crippen LogP contribution >= 0.6 is 0 Å². The minimum atomic E-state index is -1.02. The smallest absolute Gasteiger partial charge is 0.404 e. The molecule has 0 radical (unpaired) electrons. The predicted octanol–water partition coefficient (Wildman–Crippen LogP) is 2.86. The highest BCUT2D eigenvalue weighted by Gasteiger charge is 2.05. The van der Waals surface area contributed by atoms with Gasteiger partial charge < -0.3 is 15.2 Å². The second-order valence-corrected chi connectivity index (χ2v) is 4.68. The number of nitrogens with zero attached hydrogens (tertiary/aromatic N) is 2.